The molecule has 0 radical (unpaired) electrons. The highest BCUT2D eigenvalue weighted by Crippen LogP contribution is 2.17. The molecule has 0 saturated heterocycles. The van der Waals surface area contributed by atoms with Crippen LogP contribution in [0.4, 0.5) is 11.4 Å². The Kier molecular flexibility index (Phi) is 3.32. The van der Waals surface area contributed by atoms with E-state index in [0.29, 0.717) is 5.69 Å². The number of nitrogens with one attached hydrogen (secondary N) is 1. The van der Waals surface area contributed by atoms with Crippen LogP contribution in [-0.4, -0.2) is 15.7 Å². The van der Waals surface area contributed by atoms with Gasteiger partial charge >= 0.3 is 0 Å². The Morgan fingerprint density at radius 3 is 2.78 bits per heavy atom. The van der Waals surface area contributed by atoms with Gasteiger partial charge in [-0.2, -0.15) is 5.10 Å². The first-order chi connectivity index (χ1) is 8.54. The second-order valence-corrected chi connectivity index (χ2v) is 4.28. The van der Waals surface area contributed by atoms with Crippen LogP contribution in [0.25, 0.3) is 0 Å². The lowest BCUT2D eigenvalue weighted by molar-refractivity contribution is -0.116. The summed E-state index contributed by atoms with van der Waals surface area (Å²) >= 11 is 0. The van der Waals surface area contributed by atoms with Crippen LogP contribution in [0, 0.1) is 13.8 Å². The number of hydrogen-bond donors (Lipinski definition) is 2. The van der Waals surface area contributed by atoms with Crippen LogP contribution in [0.5, 0.6) is 0 Å². The van der Waals surface area contributed by atoms with Gasteiger partial charge in [0.25, 0.3) is 0 Å². The Balaban J connectivity index is 2.03. The van der Waals surface area contributed by atoms with E-state index in [9.17, 15) is 4.79 Å². The molecule has 0 spiro atoms. The van der Waals surface area contributed by atoms with Crippen molar-refractivity contribution in [1.29, 1.82) is 0 Å². The zero-order valence-corrected chi connectivity index (χ0v) is 10.5. The number of nitrogen functional groups attached to an aromatic ring is 1. The highest BCUT2D eigenvalue weighted by Gasteiger charge is 2.06. The van der Waals surface area contributed by atoms with Gasteiger partial charge in [0.05, 0.1) is 5.69 Å². The zero-order chi connectivity index (χ0) is 13.1. The number of amides is 1. The molecule has 0 atom stereocenters. The molecule has 0 unspecified atom stereocenters. The fourth-order valence-corrected chi connectivity index (χ4v) is 1.72. The topological polar surface area (TPSA) is 72.9 Å². The summed E-state index contributed by atoms with van der Waals surface area (Å²) in [5.41, 5.74) is 8.96. The first-order valence-corrected chi connectivity index (χ1v) is 5.70. The van der Waals surface area contributed by atoms with Gasteiger partial charge in [0.1, 0.15) is 6.54 Å². The van der Waals surface area contributed by atoms with Gasteiger partial charge in [0, 0.05) is 17.6 Å². The minimum Gasteiger partial charge on any atom is -0.399 e. The number of carbonyl (C=O) groups excluding carboxylic acids is 1. The molecule has 0 fully saturated rings. The number of aryl methyl sites for hydroxylation is 2. The van der Waals surface area contributed by atoms with Crippen LogP contribution in [0.1, 0.15) is 11.3 Å². The standard InChI is InChI=1S/C13H16N4O/c1-9-7-11(14)3-4-12(9)15-13(18)8-17-6-5-10(2)16-17/h3-7H,8,14H2,1-2H3,(H,15,18). The number of hydrogen-bond acceptors (Lipinski definition) is 3. The van der Waals surface area contributed by atoms with Crippen molar-refractivity contribution in [2.45, 2.75) is 20.4 Å². The molecule has 0 aliphatic rings. The molecule has 5 nitrogen and oxygen atoms in total. The monoisotopic (exact) mass is 244 g/mol. The molecule has 0 saturated carbocycles. The molecule has 0 aliphatic carbocycles. The molecule has 1 aromatic heterocycles. The highest BCUT2D eigenvalue weighted by molar-refractivity contribution is 5.91. The van der Waals surface area contributed by atoms with Crippen LogP contribution in [0.15, 0.2) is 30.5 Å². The van der Waals surface area contributed by atoms with Crippen molar-refractivity contribution >= 4 is 17.3 Å². The van der Waals surface area contributed by atoms with Crippen molar-refractivity contribution < 1.29 is 4.79 Å². The number of aromatic nitrogens is 2. The average molecular weight is 244 g/mol. The van der Waals surface area contributed by atoms with Gasteiger partial charge in [0.15, 0.2) is 0 Å². The zero-order valence-electron chi connectivity index (χ0n) is 10.5. The first kappa shape index (κ1) is 12.2. The molecule has 94 valence electrons. The number of benzene rings is 1. The minimum atomic E-state index is -0.106. The van der Waals surface area contributed by atoms with Gasteiger partial charge in [-0.3, -0.25) is 9.48 Å². The molecule has 1 aromatic carbocycles. The van der Waals surface area contributed by atoms with Gasteiger partial charge in [0.2, 0.25) is 5.91 Å². The van der Waals surface area contributed by atoms with Crippen molar-refractivity contribution in [1.82, 2.24) is 9.78 Å². The predicted octanol–water partition coefficient (Wildman–Crippen LogP) is 1.72. The molecule has 1 heterocycles. The predicted molar refractivity (Wildman–Crippen MR) is 71.2 cm³/mol. The Morgan fingerprint density at radius 2 is 2.17 bits per heavy atom. The summed E-state index contributed by atoms with van der Waals surface area (Å²) in [7, 11) is 0. The lowest BCUT2D eigenvalue weighted by atomic mass is 10.2. The number of nitrogens with zero attached hydrogens (tertiary/aromatic N) is 2. The molecule has 5 heteroatoms. The van der Waals surface area contributed by atoms with Crippen molar-refractivity contribution in [3.8, 4) is 0 Å². The van der Waals surface area contributed by atoms with E-state index < -0.39 is 0 Å². The summed E-state index contributed by atoms with van der Waals surface area (Å²) in [5, 5.41) is 7.00. The van der Waals surface area contributed by atoms with Crippen LogP contribution in [0.2, 0.25) is 0 Å². The summed E-state index contributed by atoms with van der Waals surface area (Å²) < 4.78 is 1.61. The van der Waals surface area contributed by atoms with Gasteiger partial charge in [-0.1, -0.05) is 0 Å². The first-order valence-electron chi connectivity index (χ1n) is 5.70. The van der Waals surface area contributed by atoms with E-state index in [-0.39, 0.29) is 12.5 Å². The van der Waals surface area contributed by atoms with Gasteiger partial charge in [-0.05, 0) is 43.7 Å². The molecule has 2 aromatic rings. The third kappa shape index (κ3) is 2.88. The minimum absolute atomic E-state index is 0.106. The maximum atomic E-state index is 11.8. The summed E-state index contributed by atoms with van der Waals surface area (Å²) in [6.45, 7) is 4.00. The van der Waals surface area contributed by atoms with Crippen LogP contribution in [-0.2, 0) is 11.3 Å². The van der Waals surface area contributed by atoms with E-state index in [0.717, 1.165) is 16.9 Å². The van der Waals surface area contributed by atoms with Crippen LogP contribution in [0.3, 0.4) is 0 Å². The number of rotatable bonds is 3. The molecule has 3 N–H and O–H groups in total. The van der Waals surface area contributed by atoms with Gasteiger partial charge in [-0.15, -0.1) is 0 Å². The summed E-state index contributed by atoms with van der Waals surface area (Å²) in [4.78, 5) is 11.8. The second-order valence-electron chi connectivity index (χ2n) is 4.28. The number of carbonyl (C=O) groups is 1. The van der Waals surface area contributed by atoms with Crippen molar-refractivity contribution in [2.75, 3.05) is 11.1 Å². The smallest absolute Gasteiger partial charge is 0.246 e. The third-order valence-electron chi connectivity index (χ3n) is 2.60. The summed E-state index contributed by atoms with van der Waals surface area (Å²) in [6, 6.07) is 7.26. The lowest BCUT2D eigenvalue weighted by Gasteiger charge is -2.09. The van der Waals surface area contributed by atoms with Crippen molar-refractivity contribution in [2.24, 2.45) is 0 Å². The fraction of sp³-hybridized carbons (Fsp3) is 0.231. The maximum Gasteiger partial charge on any atom is 0.246 e. The second kappa shape index (κ2) is 4.91. The van der Waals surface area contributed by atoms with Crippen molar-refractivity contribution in [3.63, 3.8) is 0 Å². The molecule has 1 amide bonds. The Morgan fingerprint density at radius 1 is 1.39 bits per heavy atom. The molecule has 0 bridgehead atoms. The summed E-state index contributed by atoms with van der Waals surface area (Å²) in [6.07, 6.45) is 1.78. The number of anilines is 2. The molecule has 2 rings (SSSR count). The quantitative estimate of drug-likeness (QED) is 0.807. The molecule has 18 heavy (non-hydrogen) atoms. The van der Waals surface area contributed by atoms with Crippen LogP contribution < -0.4 is 11.1 Å². The molecule has 0 aliphatic heterocycles. The fourth-order valence-electron chi connectivity index (χ4n) is 1.72. The van der Waals surface area contributed by atoms with E-state index >= 15 is 0 Å². The van der Waals surface area contributed by atoms with E-state index in [2.05, 4.69) is 10.4 Å². The SMILES string of the molecule is Cc1ccn(CC(=O)Nc2ccc(N)cc2C)n1. The molecular formula is C13H16N4O. The van der Waals surface area contributed by atoms with Crippen LogP contribution >= 0.6 is 0 Å². The Bertz CT molecular complexity index is 574. The van der Waals surface area contributed by atoms with E-state index in [1.165, 1.54) is 0 Å². The highest BCUT2D eigenvalue weighted by atomic mass is 16.2. The maximum absolute atomic E-state index is 11.8. The lowest BCUT2D eigenvalue weighted by Crippen LogP contribution is -2.19. The Hall–Kier alpha value is -2.30. The molecular weight excluding hydrogens is 228 g/mol. The van der Waals surface area contributed by atoms with E-state index in [1.807, 2.05) is 26.0 Å². The normalized spacial score (nSPS) is 10.3. The van der Waals surface area contributed by atoms with Crippen molar-refractivity contribution in [3.05, 3.63) is 41.7 Å². The van der Waals surface area contributed by atoms with E-state index in [1.54, 1.807) is 23.0 Å². The third-order valence-corrected chi connectivity index (χ3v) is 2.60. The number of nitrogens with two attached hydrogens (primary N) is 1. The van der Waals surface area contributed by atoms with E-state index in [4.69, 9.17) is 5.73 Å². The Labute approximate surface area is 106 Å². The van der Waals surface area contributed by atoms with Gasteiger partial charge in [-0.25, -0.2) is 0 Å². The largest absolute Gasteiger partial charge is 0.399 e. The average Bonchev–Trinajstić information content (AvgIpc) is 2.68. The summed E-state index contributed by atoms with van der Waals surface area (Å²) in [5.74, 6) is -0.106. The van der Waals surface area contributed by atoms with Gasteiger partial charge < -0.3 is 11.1 Å².